The van der Waals surface area contributed by atoms with Crippen LogP contribution < -0.4 is 0 Å². The SMILES string of the molecule is Clc1cccc2nnc(C3CCCCO3)n12. The Labute approximate surface area is 98.2 Å². The molecule has 0 radical (unpaired) electrons. The van der Waals surface area contributed by atoms with Crippen LogP contribution in [0.5, 0.6) is 0 Å². The second-order valence-corrected chi connectivity index (χ2v) is 4.34. The summed E-state index contributed by atoms with van der Waals surface area (Å²) in [7, 11) is 0. The molecule has 1 saturated heterocycles. The maximum atomic E-state index is 6.15. The van der Waals surface area contributed by atoms with Gasteiger partial charge < -0.3 is 4.74 Å². The van der Waals surface area contributed by atoms with Crippen LogP contribution in [0, 0.1) is 0 Å². The summed E-state index contributed by atoms with van der Waals surface area (Å²) < 4.78 is 7.56. The van der Waals surface area contributed by atoms with Crippen molar-refractivity contribution in [2.24, 2.45) is 0 Å². The first-order valence-corrected chi connectivity index (χ1v) is 5.85. The minimum Gasteiger partial charge on any atom is -0.370 e. The highest BCUT2D eigenvalue weighted by Crippen LogP contribution is 2.28. The molecule has 4 nitrogen and oxygen atoms in total. The molecule has 0 aromatic carbocycles. The molecule has 2 aromatic rings. The molecule has 0 saturated carbocycles. The average molecular weight is 238 g/mol. The van der Waals surface area contributed by atoms with Crippen molar-refractivity contribution in [3.05, 3.63) is 29.2 Å². The molecule has 0 amide bonds. The predicted molar refractivity (Wildman–Crippen MR) is 60.5 cm³/mol. The molecule has 3 heterocycles. The summed E-state index contributed by atoms with van der Waals surface area (Å²) >= 11 is 6.15. The van der Waals surface area contributed by atoms with Gasteiger partial charge >= 0.3 is 0 Å². The van der Waals surface area contributed by atoms with Gasteiger partial charge in [0.25, 0.3) is 0 Å². The Kier molecular flexibility index (Phi) is 2.53. The largest absolute Gasteiger partial charge is 0.370 e. The Morgan fingerprint density at radius 1 is 1.31 bits per heavy atom. The van der Waals surface area contributed by atoms with Crippen LogP contribution in [-0.4, -0.2) is 21.2 Å². The minimum atomic E-state index is 0.0312. The predicted octanol–water partition coefficient (Wildman–Crippen LogP) is 2.62. The van der Waals surface area contributed by atoms with Crippen LogP contribution in [0.3, 0.4) is 0 Å². The molecule has 0 N–H and O–H groups in total. The summed E-state index contributed by atoms with van der Waals surface area (Å²) in [6, 6.07) is 5.60. The molecule has 1 aliphatic heterocycles. The van der Waals surface area contributed by atoms with E-state index in [-0.39, 0.29) is 6.10 Å². The number of pyridine rings is 1. The van der Waals surface area contributed by atoms with Crippen LogP contribution >= 0.6 is 11.6 Å². The Morgan fingerprint density at radius 2 is 2.25 bits per heavy atom. The van der Waals surface area contributed by atoms with Crippen molar-refractivity contribution in [1.29, 1.82) is 0 Å². The fraction of sp³-hybridized carbons (Fsp3) is 0.455. The summed E-state index contributed by atoms with van der Waals surface area (Å²) in [5.41, 5.74) is 0.775. The second kappa shape index (κ2) is 4.03. The van der Waals surface area contributed by atoms with Crippen molar-refractivity contribution in [2.45, 2.75) is 25.4 Å². The van der Waals surface area contributed by atoms with E-state index in [4.69, 9.17) is 16.3 Å². The lowest BCUT2D eigenvalue weighted by Gasteiger charge is -2.21. The number of fused-ring (bicyclic) bond motifs is 1. The number of ether oxygens (including phenoxy) is 1. The highest BCUT2D eigenvalue weighted by molar-refractivity contribution is 6.29. The number of hydrogen-bond acceptors (Lipinski definition) is 3. The molecular weight excluding hydrogens is 226 g/mol. The molecular formula is C11H12ClN3O. The third kappa shape index (κ3) is 1.58. The van der Waals surface area contributed by atoms with E-state index >= 15 is 0 Å². The maximum absolute atomic E-state index is 6.15. The topological polar surface area (TPSA) is 39.4 Å². The van der Waals surface area contributed by atoms with E-state index in [1.807, 2.05) is 22.6 Å². The Bertz CT molecular complexity index is 505. The van der Waals surface area contributed by atoms with E-state index in [0.29, 0.717) is 5.15 Å². The van der Waals surface area contributed by atoms with Crippen molar-refractivity contribution in [2.75, 3.05) is 6.61 Å². The summed E-state index contributed by atoms with van der Waals surface area (Å²) in [5.74, 6) is 0.820. The highest BCUT2D eigenvalue weighted by atomic mass is 35.5. The van der Waals surface area contributed by atoms with Gasteiger partial charge in [-0.1, -0.05) is 17.7 Å². The fourth-order valence-corrected chi connectivity index (χ4v) is 2.32. The number of aromatic nitrogens is 3. The van der Waals surface area contributed by atoms with Gasteiger partial charge in [-0.3, -0.25) is 4.40 Å². The quantitative estimate of drug-likeness (QED) is 0.716. The smallest absolute Gasteiger partial charge is 0.167 e. The van der Waals surface area contributed by atoms with Crippen molar-refractivity contribution in [3.8, 4) is 0 Å². The number of rotatable bonds is 1. The Balaban J connectivity index is 2.09. The van der Waals surface area contributed by atoms with E-state index in [1.165, 1.54) is 6.42 Å². The van der Waals surface area contributed by atoms with Crippen LogP contribution in [0.4, 0.5) is 0 Å². The molecule has 1 unspecified atom stereocenters. The van der Waals surface area contributed by atoms with Gasteiger partial charge in [-0.15, -0.1) is 10.2 Å². The minimum absolute atomic E-state index is 0.0312. The van der Waals surface area contributed by atoms with Gasteiger partial charge in [0.2, 0.25) is 0 Å². The Hall–Kier alpha value is -1.13. The highest BCUT2D eigenvalue weighted by Gasteiger charge is 2.22. The van der Waals surface area contributed by atoms with Gasteiger partial charge in [-0.25, -0.2) is 0 Å². The molecule has 2 aromatic heterocycles. The van der Waals surface area contributed by atoms with Gasteiger partial charge in [0.15, 0.2) is 11.5 Å². The first kappa shape index (κ1) is 10.1. The van der Waals surface area contributed by atoms with Gasteiger partial charge in [0, 0.05) is 6.61 Å². The van der Waals surface area contributed by atoms with Gasteiger partial charge in [-0.05, 0) is 31.4 Å². The zero-order chi connectivity index (χ0) is 11.0. The van der Waals surface area contributed by atoms with Gasteiger partial charge in [0.05, 0.1) is 0 Å². The molecule has 0 bridgehead atoms. The molecule has 3 rings (SSSR count). The van der Waals surface area contributed by atoms with Crippen LogP contribution in [-0.2, 0) is 4.74 Å². The maximum Gasteiger partial charge on any atom is 0.167 e. The third-order valence-electron chi connectivity index (χ3n) is 2.87. The molecule has 5 heteroatoms. The third-order valence-corrected chi connectivity index (χ3v) is 3.17. The van der Waals surface area contributed by atoms with Crippen LogP contribution in [0.1, 0.15) is 31.2 Å². The number of hydrogen-bond donors (Lipinski definition) is 0. The van der Waals surface area contributed by atoms with E-state index in [1.54, 1.807) is 0 Å². The van der Waals surface area contributed by atoms with Gasteiger partial charge in [0.1, 0.15) is 11.3 Å². The average Bonchev–Trinajstić information content (AvgIpc) is 2.75. The summed E-state index contributed by atoms with van der Waals surface area (Å²) in [5, 5.41) is 8.92. The zero-order valence-corrected chi connectivity index (χ0v) is 9.52. The van der Waals surface area contributed by atoms with E-state index in [2.05, 4.69) is 10.2 Å². The summed E-state index contributed by atoms with van der Waals surface area (Å²) in [6.45, 7) is 0.796. The van der Waals surface area contributed by atoms with Crippen molar-refractivity contribution in [1.82, 2.24) is 14.6 Å². The van der Waals surface area contributed by atoms with E-state index in [0.717, 1.165) is 30.9 Å². The number of nitrogens with zero attached hydrogens (tertiary/aromatic N) is 3. The molecule has 1 atom stereocenters. The van der Waals surface area contributed by atoms with E-state index < -0.39 is 0 Å². The first-order chi connectivity index (χ1) is 7.86. The fourth-order valence-electron chi connectivity index (χ4n) is 2.08. The van der Waals surface area contributed by atoms with Crippen molar-refractivity contribution >= 4 is 17.2 Å². The molecule has 16 heavy (non-hydrogen) atoms. The summed E-state index contributed by atoms with van der Waals surface area (Å²) in [4.78, 5) is 0. The van der Waals surface area contributed by atoms with E-state index in [9.17, 15) is 0 Å². The van der Waals surface area contributed by atoms with Crippen molar-refractivity contribution in [3.63, 3.8) is 0 Å². The van der Waals surface area contributed by atoms with Crippen LogP contribution in [0.25, 0.3) is 5.65 Å². The first-order valence-electron chi connectivity index (χ1n) is 5.47. The normalized spacial score (nSPS) is 21.4. The van der Waals surface area contributed by atoms with Gasteiger partial charge in [-0.2, -0.15) is 0 Å². The molecule has 0 spiro atoms. The standard InChI is InChI=1S/C11H12ClN3O/c12-9-5-3-6-10-13-14-11(15(9)10)8-4-1-2-7-16-8/h3,5-6,8H,1-2,4,7H2. The molecule has 1 aliphatic rings. The van der Waals surface area contributed by atoms with Crippen molar-refractivity contribution < 1.29 is 4.74 Å². The lowest BCUT2D eigenvalue weighted by molar-refractivity contribution is 0.00887. The molecule has 0 aliphatic carbocycles. The zero-order valence-electron chi connectivity index (χ0n) is 8.77. The monoisotopic (exact) mass is 237 g/mol. The number of halogens is 1. The van der Waals surface area contributed by atoms with Crippen LogP contribution in [0.15, 0.2) is 18.2 Å². The molecule has 84 valence electrons. The van der Waals surface area contributed by atoms with Crippen LogP contribution in [0.2, 0.25) is 5.15 Å². The second-order valence-electron chi connectivity index (χ2n) is 3.96. The summed E-state index contributed by atoms with van der Waals surface area (Å²) in [6.07, 6.45) is 3.32. The Morgan fingerprint density at radius 3 is 3.06 bits per heavy atom. The lowest BCUT2D eigenvalue weighted by Crippen LogP contribution is -2.14. The molecule has 1 fully saturated rings. The lowest BCUT2D eigenvalue weighted by atomic mass is 10.1.